The first-order valence-corrected chi connectivity index (χ1v) is 13.4. The number of carbonyl (C=O) groups excluding carboxylic acids is 2. The zero-order valence-corrected chi connectivity index (χ0v) is 21.2. The number of benzene rings is 1. The molecule has 0 aliphatic heterocycles. The minimum atomic E-state index is 0.0856. The van der Waals surface area contributed by atoms with Gasteiger partial charge in [0.25, 0.3) is 0 Å². The molecular formula is C28H38ClN3O2. The quantitative estimate of drug-likeness (QED) is 0.400. The third-order valence-corrected chi connectivity index (χ3v) is 7.60. The van der Waals surface area contributed by atoms with Gasteiger partial charge in [0.1, 0.15) is 0 Å². The van der Waals surface area contributed by atoms with E-state index in [2.05, 4.69) is 28.7 Å². The Bertz CT molecular complexity index is 962. The van der Waals surface area contributed by atoms with Gasteiger partial charge in [-0.05, 0) is 55.9 Å². The molecule has 34 heavy (non-hydrogen) atoms. The molecule has 2 aromatic rings. The predicted octanol–water partition coefficient (Wildman–Crippen LogP) is 5.89. The topological polar surface area (TPSA) is 45.6 Å². The number of nitrogens with zero attached hydrogens (tertiary/aromatic N) is 3. The van der Waals surface area contributed by atoms with Gasteiger partial charge in [0.15, 0.2) is 0 Å². The fourth-order valence-electron chi connectivity index (χ4n) is 5.00. The molecule has 2 aliphatic rings. The lowest BCUT2D eigenvalue weighted by Crippen LogP contribution is -2.48. The highest BCUT2D eigenvalue weighted by Crippen LogP contribution is 2.31. The van der Waals surface area contributed by atoms with Crippen LogP contribution in [0.2, 0.25) is 5.02 Å². The minimum absolute atomic E-state index is 0.0856. The van der Waals surface area contributed by atoms with E-state index < -0.39 is 0 Å². The van der Waals surface area contributed by atoms with E-state index in [1.807, 2.05) is 35.2 Å². The van der Waals surface area contributed by atoms with Crippen molar-refractivity contribution in [3.63, 3.8) is 0 Å². The number of unbranched alkanes of at least 4 members (excludes halogenated alkanes) is 1. The molecular weight excluding hydrogens is 446 g/mol. The summed E-state index contributed by atoms with van der Waals surface area (Å²) >= 11 is 6.42. The number of hydrogen-bond donors (Lipinski definition) is 0. The molecule has 0 spiro atoms. The van der Waals surface area contributed by atoms with Crippen molar-refractivity contribution < 1.29 is 9.59 Å². The van der Waals surface area contributed by atoms with Crippen molar-refractivity contribution >= 4 is 23.4 Å². The van der Waals surface area contributed by atoms with Gasteiger partial charge in [-0.2, -0.15) is 0 Å². The number of hydrogen-bond acceptors (Lipinski definition) is 2. The average Bonchev–Trinajstić information content (AvgIpc) is 3.62. The monoisotopic (exact) mass is 483 g/mol. The number of carbonyl (C=O) groups is 2. The maximum Gasteiger partial charge on any atom is 0.242 e. The molecule has 2 amide bonds. The van der Waals surface area contributed by atoms with E-state index in [1.165, 1.54) is 6.42 Å². The number of halogens is 1. The highest BCUT2D eigenvalue weighted by molar-refractivity contribution is 6.31. The van der Waals surface area contributed by atoms with Crippen molar-refractivity contribution in [1.29, 1.82) is 0 Å². The van der Waals surface area contributed by atoms with E-state index in [0.717, 1.165) is 67.6 Å². The molecule has 0 radical (unpaired) electrons. The zero-order valence-electron chi connectivity index (χ0n) is 20.4. The van der Waals surface area contributed by atoms with Gasteiger partial charge in [0.05, 0.1) is 13.1 Å². The molecule has 1 aromatic carbocycles. The highest BCUT2D eigenvalue weighted by Gasteiger charge is 2.35. The lowest BCUT2D eigenvalue weighted by atomic mass is 9.94. The maximum absolute atomic E-state index is 13.7. The van der Waals surface area contributed by atoms with E-state index in [-0.39, 0.29) is 30.3 Å². The number of rotatable bonds is 11. The Morgan fingerprint density at radius 3 is 2.50 bits per heavy atom. The normalized spacial score (nSPS) is 16.4. The van der Waals surface area contributed by atoms with Gasteiger partial charge in [-0.1, -0.05) is 62.4 Å². The SMILES string of the molecule is CCCCN(CC(=O)N(Cc1cccn1Cc1ccccc1Cl)C1CCCCC1)C(=O)C1CC1. The van der Waals surface area contributed by atoms with Crippen molar-refractivity contribution in [3.05, 3.63) is 58.9 Å². The van der Waals surface area contributed by atoms with Crippen molar-refractivity contribution in [2.24, 2.45) is 5.92 Å². The van der Waals surface area contributed by atoms with Crippen LogP contribution in [0, 0.1) is 5.92 Å². The van der Waals surface area contributed by atoms with Gasteiger partial charge in [-0.3, -0.25) is 9.59 Å². The smallest absolute Gasteiger partial charge is 0.242 e. The van der Waals surface area contributed by atoms with Crippen LogP contribution in [0.5, 0.6) is 0 Å². The second-order valence-electron chi connectivity index (χ2n) is 9.92. The second kappa shape index (κ2) is 11.9. The molecule has 5 nitrogen and oxygen atoms in total. The first kappa shape index (κ1) is 24.8. The fraction of sp³-hybridized carbons (Fsp3) is 0.571. The van der Waals surface area contributed by atoms with Crippen molar-refractivity contribution in [2.45, 2.75) is 83.8 Å². The fourth-order valence-corrected chi connectivity index (χ4v) is 5.20. The van der Waals surface area contributed by atoms with Crippen LogP contribution in [-0.4, -0.2) is 45.3 Å². The minimum Gasteiger partial charge on any atom is -0.345 e. The first-order valence-electron chi connectivity index (χ1n) is 13.0. The molecule has 1 aromatic heterocycles. The summed E-state index contributed by atoms with van der Waals surface area (Å²) in [7, 11) is 0. The van der Waals surface area contributed by atoms with Crippen molar-refractivity contribution in [3.8, 4) is 0 Å². The van der Waals surface area contributed by atoms with Gasteiger partial charge in [0, 0.05) is 42.0 Å². The molecule has 2 fully saturated rings. The van der Waals surface area contributed by atoms with Crippen LogP contribution in [-0.2, 0) is 22.7 Å². The predicted molar refractivity (Wildman–Crippen MR) is 137 cm³/mol. The van der Waals surface area contributed by atoms with E-state index in [9.17, 15) is 9.59 Å². The molecule has 4 rings (SSSR count). The Balaban J connectivity index is 1.51. The number of amides is 2. The molecule has 0 N–H and O–H groups in total. The molecule has 1 heterocycles. The molecule has 0 atom stereocenters. The lowest BCUT2D eigenvalue weighted by molar-refractivity contribution is -0.143. The van der Waals surface area contributed by atoms with Crippen LogP contribution in [0.25, 0.3) is 0 Å². The molecule has 0 bridgehead atoms. The van der Waals surface area contributed by atoms with Gasteiger partial charge in [-0.15, -0.1) is 0 Å². The van der Waals surface area contributed by atoms with Crippen LogP contribution in [0.15, 0.2) is 42.6 Å². The number of aromatic nitrogens is 1. The van der Waals surface area contributed by atoms with Crippen molar-refractivity contribution in [1.82, 2.24) is 14.4 Å². The summed E-state index contributed by atoms with van der Waals surface area (Å²) in [5.41, 5.74) is 2.17. The lowest BCUT2D eigenvalue weighted by Gasteiger charge is -2.36. The standard InChI is InChI=1S/C28H38ClN3O2/c1-2-3-17-31(28(34)22-15-16-22)21-27(33)32(24-11-5-4-6-12-24)20-25-13-9-18-30(25)19-23-10-7-8-14-26(23)29/h7-10,13-14,18,22,24H,2-6,11-12,15-17,19-21H2,1H3. The summed E-state index contributed by atoms with van der Waals surface area (Å²) in [6, 6.07) is 12.3. The Morgan fingerprint density at radius 2 is 1.79 bits per heavy atom. The van der Waals surface area contributed by atoms with E-state index in [1.54, 1.807) is 0 Å². The summed E-state index contributed by atoms with van der Waals surface area (Å²) in [6.07, 6.45) is 11.6. The Hall–Kier alpha value is -2.27. The molecule has 2 saturated carbocycles. The molecule has 0 unspecified atom stereocenters. The van der Waals surface area contributed by atoms with Gasteiger partial charge < -0.3 is 14.4 Å². The van der Waals surface area contributed by atoms with E-state index in [4.69, 9.17) is 11.6 Å². The molecule has 2 aliphatic carbocycles. The van der Waals surface area contributed by atoms with Crippen LogP contribution in [0.3, 0.4) is 0 Å². The van der Waals surface area contributed by atoms with E-state index >= 15 is 0 Å². The van der Waals surface area contributed by atoms with Crippen LogP contribution < -0.4 is 0 Å². The third kappa shape index (κ3) is 6.44. The second-order valence-corrected chi connectivity index (χ2v) is 10.3. The van der Waals surface area contributed by atoms with Gasteiger partial charge in [0.2, 0.25) is 11.8 Å². The summed E-state index contributed by atoms with van der Waals surface area (Å²) in [5.74, 6) is 0.399. The summed E-state index contributed by atoms with van der Waals surface area (Å²) in [4.78, 5) is 30.5. The Morgan fingerprint density at radius 1 is 1.03 bits per heavy atom. The highest BCUT2D eigenvalue weighted by atomic mass is 35.5. The Kier molecular flexibility index (Phi) is 8.71. The van der Waals surface area contributed by atoms with E-state index in [0.29, 0.717) is 19.6 Å². The van der Waals surface area contributed by atoms with Gasteiger partial charge in [-0.25, -0.2) is 0 Å². The zero-order chi connectivity index (χ0) is 23.9. The Labute approximate surface area is 209 Å². The van der Waals surface area contributed by atoms with Gasteiger partial charge >= 0.3 is 0 Å². The van der Waals surface area contributed by atoms with Crippen molar-refractivity contribution in [2.75, 3.05) is 13.1 Å². The maximum atomic E-state index is 13.7. The third-order valence-electron chi connectivity index (χ3n) is 7.24. The summed E-state index contributed by atoms with van der Waals surface area (Å²) in [6.45, 7) is 4.26. The molecule has 184 valence electrons. The summed E-state index contributed by atoms with van der Waals surface area (Å²) in [5, 5.41) is 0.757. The van der Waals surface area contributed by atoms with Crippen LogP contribution >= 0.6 is 11.6 Å². The first-order chi connectivity index (χ1) is 16.6. The summed E-state index contributed by atoms with van der Waals surface area (Å²) < 4.78 is 2.19. The molecule has 0 saturated heterocycles. The largest absolute Gasteiger partial charge is 0.345 e. The molecule has 6 heteroatoms. The van der Waals surface area contributed by atoms with Crippen LogP contribution in [0.4, 0.5) is 0 Å². The van der Waals surface area contributed by atoms with Crippen LogP contribution in [0.1, 0.15) is 76.0 Å². The average molecular weight is 484 g/mol.